The van der Waals surface area contributed by atoms with Gasteiger partial charge in [-0.3, -0.25) is 9.69 Å². The van der Waals surface area contributed by atoms with Crippen molar-refractivity contribution >= 4 is 16.7 Å². The average Bonchev–Trinajstić information content (AvgIpc) is 2.82. The smallest absolute Gasteiger partial charge is 0.255 e. The number of fused-ring (bicyclic) bond motifs is 2. The summed E-state index contributed by atoms with van der Waals surface area (Å²) in [6, 6.07) is 16.6. The zero-order valence-electron chi connectivity index (χ0n) is 19.6. The molecular weight excluding hydrogens is 400 g/mol. The van der Waals surface area contributed by atoms with Crippen molar-refractivity contribution in [1.82, 2.24) is 9.80 Å². The first kappa shape index (κ1) is 22.2. The zero-order chi connectivity index (χ0) is 22.8. The second-order valence-corrected chi connectivity index (χ2v) is 8.50. The van der Waals surface area contributed by atoms with E-state index in [0.29, 0.717) is 23.6 Å². The molecule has 1 amide bonds. The second-order valence-electron chi connectivity index (χ2n) is 8.50. The third-order valence-corrected chi connectivity index (χ3v) is 6.64. The number of carbonyl (C=O) groups excluding carboxylic acids is 1. The third-order valence-electron chi connectivity index (χ3n) is 6.64. The Balaban J connectivity index is 1.62. The molecule has 32 heavy (non-hydrogen) atoms. The van der Waals surface area contributed by atoms with E-state index in [2.05, 4.69) is 62.2 Å². The summed E-state index contributed by atoms with van der Waals surface area (Å²) in [4.78, 5) is 17.8. The molecule has 3 aromatic carbocycles. The van der Waals surface area contributed by atoms with Gasteiger partial charge in [-0.2, -0.15) is 0 Å². The number of nitrogens with zero attached hydrogens (tertiary/aromatic N) is 2. The van der Waals surface area contributed by atoms with Crippen molar-refractivity contribution < 1.29 is 14.3 Å². The van der Waals surface area contributed by atoms with E-state index < -0.39 is 0 Å². The molecular formula is C27H32N2O3. The van der Waals surface area contributed by atoms with E-state index in [1.165, 1.54) is 21.9 Å². The van der Waals surface area contributed by atoms with Crippen molar-refractivity contribution in [3.8, 4) is 11.5 Å². The molecule has 5 nitrogen and oxygen atoms in total. The van der Waals surface area contributed by atoms with Gasteiger partial charge in [-0.1, -0.05) is 43.3 Å². The van der Waals surface area contributed by atoms with Crippen LogP contribution in [0.1, 0.15) is 40.4 Å². The lowest BCUT2D eigenvalue weighted by Gasteiger charge is -2.40. The molecule has 5 heteroatoms. The quantitative estimate of drug-likeness (QED) is 0.525. The van der Waals surface area contributed by atoms with Gasteiger partial charge in [0.1, 0.15) is 0 Å². The zero-order valence-corrected chi connectivity index (χ0v) is 19.6. The van der Waals surface area contributed by atoms with Gasteiger partial charge >= 0.3 is 0 Å². The minimum absolute atomic E-state index is 0.0158. The summed E-state index contributed by atoms with van der Waals surface area (Å²) in [5.74, 6) is 1.32. The lowest BCUT2D eigenvalue weighted by Crippen LogP contribution is -2.51. The molecule has 3 aromatic rings. The molecule has 0 aromatic heterocycles. The van der Waals surface area contributed by atoms with E-state index in [-0.39, 0.29) is 12.1 Å². The van der Waals surface area contributed by atoms with E-state index in [1.807, 2.05) is 17.0 Å². The summed E-state index contributed by atoms with van der Waals surface area (Å²) in [7, 11) is 5.34. The Morgan fingerprint density at radius 3 is 2.50 bits per heavy atom. The minimum atomic E-state index is 0.0158. The summed E-state index contributed by atoms with van der Waals surface area (Å²) < 4.78 is 10.9. The van der Waals surface area contributed by atoms with Crippen LogP contribution in [0.5, 0.6) is 11.5 Å². The third kappa shape index (κ3) is 3.93. The monoisotopic (exact) mass is 432 g/mol. The molecule has 1 heterocycles. The van der Waals surface area contributed by atoms with Crippen LogP contribution in [-0.4, -0.2) is 49.7 Å². The largest absolute Gasteiger partial charge is 0.493 e. The molecule has 0 aliphatic carbocycles. The van der Waals surface area contributed by atoms with E-state index in [0.717, 1.165) is 24.9 Å². The van der Waals surface area contributed by atoms with Gasteiger partial charge in [0.25, 0.3) is 5.91 Å². The summed E-state index contributed by atoms with van der Waals surface area (Å²) in [5, 5.41) is 2.53. The number of ether oxygens (including phenoxy) is 2. The molecule has 0 saturated carbocycles. The van der Waals surface area contributed by atoms with Crippen molar-refractivity contribution in [2.45, 2.75) is 39.4 Å². The molecule has 0 spiro atoms. The van der Waals surface area contributed by atoms with Crippen LogP contribution in [0.25, 0.3) is 10.8 Å². The predicted molar refractivity (Wildman–Crippen MR) is 129 cm³/mol. The average molecular weight is 433 g/mol. The molecule has 1 aliphatic rings. The number of aryl methyl sites for hydroxylation is 1. The summed E-state index contributed by atoms with van der Waals surface area (Å²) in [6.07, 6.45) is 1.68. The lowest BCUT2D eigenvalue weighted by atomic mass is 9.96. The van der Waals surface area contributed by atoms with Crippen molar-refractivity contribution in [3.05, 3.63) is 70.8 Å². The molecule has 1 aliphatic heterocycles. The maximum Gasteiger partial charge on any atom is 0.255 e. The minimum Gasteiger partial charge on any atom is -0.493 e. The first-order chi connectivity index (χ1) is 15.5. The van der Waals surface area contributed by atoms with Crippen LogP contribution in [0.3, 0.4) is 0 Å². The number of hydrogen-bond donors (Lipinski definition) is 0. The second kappa shape index (κ2) is 9.21. The topological polar surface area (TPSA) is 42.0 Å². The van der Waals surface area contributed by atoms with Crippen molar-refractivity contribution in [1.29, 1.82) is 0 Å². The van der Waals surface area contributed by atoms with Crippen molar-refractivity contribution in [2.75, 3.05) is 27.8 Å². The number of amides is 1. The normalized spacial score (nSPS) is 14.6. The number of rotatable bonds is 7. The molecule has 0 radical (unpaired) electrons. The fourth-order valence-corrected chi connectivity index (χ4v) is 4.89. The number of benzene rings is 3. The molecule has 1 unspecified atom stereocenters. The summed E-state index contributed by atoms with van der Waals surface area (Å²) in [6.45, 7) is 5.79. The number of carbonyl (C=O) groups is 1. The highest BCUT2D eigenvalue weighted by molar-refractivity contribution is 5.97. The Labute approximate surface area is 190 Å². The maximum absolute atomic E-state index is 13.5. The van der Waals surface area contributed by atoms with Crippen LogP contribution in [0.2, 0.25) is 0 Å². The van der Waals surface area contributed by atoms with Gasteiger partial charge in [-0.25, -0.2) is 0 Å². The fraction of sp³-hybridized carbons (Fsp3) is 0.370. The summed E-state index contributed by atoms with van der Waals surface area (Å²) >= 11 is 0. The van der Waals surface area contributed by atoms with E-state index >= 15 is 0 Å². The lowest BCUT2D eigenvalue weighted by molar-refractivity contribution is 0.0331. The van der Waals surface area contributed by atoms with Crippen LogP contribution in [0, 0.1) is 6.92 Å². The highest BCUT2D eigenvalue weighted by atomic mass is 16.5. The molecule has 0 saturated heterocycles. The predicted octanol–water partition coefficient (Wildman–Crippen LogP) is 5.03. The van der Waals surface area contributed by atoms with E-state index in [4.69, 9.17) is 9.47 Å². The number of hydrogen-bond acceptors (Lipinski definition) is 4. The first-order valence-corrected chi connectivity index (χ1v) is 11.2. The molecule has 168 valence electrons. The highest BCUT2D eigenvalue weighted by Gasteiger charge is 2.32. The maximum atomic E-state index is 13.5. The van der Waals surface area contributed by atoms with Gasteiger partial charge in [0, 0.05) is 18.7 Å². The Kier molecular flexibility index (Phi) is 6.38. The van der Waals surface area contributed by atoms with Crippen LogP contribution in [0.15, 0.2) is 48.5 Å². The molecule has 0 fully saturated rings. The number of methoxy groups -OCH3 is 2. The van der Waals surface area contributed by atoms with Gasteiger partial charge in [0.2, 0.25) is 0 Å². The van der Waals surface area contributed by atoms with Gasteiger partial charge in [-0.15, -0.1) is 0 Å². The molecule has 1 atom stereocenters. The van der Waals surface area contributed by atoms with Gasteiger partial charge in [0.05, 0.1) is 20.4 Å². The Bertz CT molecular complexity index is 1140. The Morgan fingerprint density at radius 1 is 1.06 bits per heavy atom. The molecule has 0 N–H and O–H groups in total. The van der Waals surface area contributed by atoms with E-state index in [9.17, 15) is 4.79 Å². The fourth-order valence-electron chi connectivity index (χ4n) is 4.89. The van der Waals surface area contributed by atoms with E-state index in [1.54, 1.807) is 14.2 Å². The van der Waals surface area contributed by atoms with Gasteiger partial charge < -0.3 is 14.4 Å². The van der Waals surface area contributed by atoms with Crippen LogP contribution in [0.4, 0.5) is 0 Å². The van der Waals surface area contributed by atoms with Crippen LogP contribution in [-0.2, 0) is 13.0 Å². The molecule has 4 rings (SSSR count). The molecule has 0 bridgehead atoms. The summed E-state index contributed by atoms with van der Waals surface area (Å²) in [5.41, 5.74) is 4.33. The van der Waals surface area contributed by atoms with Gasteiger partial charge in [-0.05, 0) is 66.4 Å². The van der Waals surface area contributed by atoms with Crippen LogP contribution >= 0.6 is 0 Å². The highest BCUT2D eigenvalue weighted by Crippen LogP contribution is 2.34. The standard InChI is InChI=1S/C27H32N2O3/c1-6-26(28(3)17-23-18(2)11-12-19-9-7-8-10-21(19)23)29-14-13-20-15-24(31-4)25(32-5)16-22(20)27(29)30/h7-12,15-16,26H,6,13-14,17H2,1-5H3. The van der Waals surface area contributed by atoms with Crippen molar-refractivity contribution in [2.24, 2.45) is 0 Å². The Hall–Kier alpha value is -3.05. The Morgan fingerprint density at radius 2 is 1.78 bits per heavy atom. The first-order valence-electron chi connectivity index (χ1n) is 11.2. The SMILES string of the molecule is CCC(N(C)Cc1c(C)ccc2ccccc12)N1CCc2cc(OC)c(OC)cc2C1=O. The van der Waals surface area contributed by atoms with Crippen molar-refractivity contribution in [3.63, 3.8) is 0 Å². The van der Waals surface area contributed by atoms with Crippen LogP contribution < -0.4 is 9.47 Å². The van der Waals surface area contributed by atoms with Gasteiger partial charge in [0.15, 0.2) is 11.5 Å².